The zero-order chi connectivity index (χ0) is 13.8. The highest BCUT2D eigenvalue weighted by molar-refractivity contribution is 9.10. The smallest absolute Gasteiger partial charge is 0.0220 e. The van der Waals surface area contributed by atoms with Gasteiger partial charge in [0.15, 0.2) is 0 Å². The minimum Gasteiger partial charge on any atom is -0.311 e. The third kappa shape index (κ3) is 5.98. The molecule has 18 heavy (non-hydrogen) atoms. The number of hydrogen-bond acceptors (Lipinski definition) is 2. The summed E-state index contributed by atoms with van der Waals surface area (Å²) in [6.45, 7) is 12.8. The Kier molecular flexibility index (Phi) is 5.83. The van der Waals surface area contributed by atoms with Crippen LogP contribution in [-0.4, -0.2) is 18.1 Å². The predicted molar refractivity (Wildman–Crippen MR) is 82.9 cm³/mol. The lowest BCUT2D eigenvalue weighted by molar-refractivity contribution is 0.387. The molecule has 0 aliphatic rings. The van der Waals surface area contributed by atoms with Crippen molar-refractivity contribution in [2.75, 3.05) is 6.54 Å². The summed E-state index contributed by atoms with van der Waals surface area (Å²) in [7, 11) is 0. The largest absolute Gasteiger partial charge is 0.311 e. The van der Waals surface area contributed by atoms with Gasteiger partial charge in [0.25, 0.3) is 0 Å². The van der Waals surface area contributed by atoms with Crippen LogP contribution in [0.25, 0.3) is 0 Å². The molecule has 0 fully saturated rings. The first-order valence-electron chi connectivity index (χ1n) is 6.51. The molecule has 0 aliphatic carbocycles. The van der Waals surface area contributed by atoms with Crippen molar-refractivity contribution in [3.8, 4) is 0 Å². The fraction of sp³-hybridized carbons (Fsp3) is 0.600. The molecule has 0 saturated heterocycles. The molecule has 0 bridgehead atoms. The van der Waals surface area contributed by atoms with Gasteiger partial charge in [0, 0.05) is 29.1 Å². The van der Waals surface area contributed by atoms with E-state index in [0.29, 0.717) is 6.04 Å². The van der Waals surface area contributed by atoms with Gasteiger partial charge in [-0.2, -0.15) is 0 Å². The van der Waals surface area contributed by atoms with Crippen LogP contribution in [0.15, 0.2) is 22.7 Å². The summed E-state index contributed by atoms with van der Waals surface area (Å²) < 4.78 is 1.18. The fourth-order valence-corrected chi connectivity index (χ4v) is 2.04. The lowest BCUT2D eigenvalue weighted by atomic mass is 10.1. The van der Waals surface area contributed by atoms with E-state index in [0.717, 1.165) is 13.1 Å². The fourth-order valence-electron chi connectivity index (χ4n) is 1.65. The highest BCUT2D eigenvalue weighted by Crippen LogP contribution is 2.17. The molecule has 0 amide bonds. The normalized spacial score (nSPS) is 13.7. The van der Waals surface area contributed by atoms with Crippen LogP contribution < -0.4 is 10.6 Å². The molecule has 0 aliphatic heterocycles. The van der Waals surface area contributed by atoms with Gasteiger partial charge < -0.3 is 10.6 Å². The molecule has 1 aromatic rings. The monoisotopic (exact) mass is 312 g/mol. The second-order valence-electron chi connectivity index (χ2n) is 6.01. The maximum absolute atomic E-state index is 3.60. The summed E-state index contributed by atoms with van der Waals surface area (Å²) >= 11 is 3.60. The van der Waals surface area contributed by atoms with E-state index in [4.69, 9.17) is 0 Å². The van der Waals surface area contributed by atoms with E-state index in [9.17, 15) is 0 Å². The van der Waals surface area contributed by atoms with Crippen LogP contribution in [0.5, 0.6) is 0 Å². The van der Waals surface area contributed by atoms with Crippen molar-refractivity contribution in [1.82, 2.24) is 10.6 Å². The van der Waals surface area contributed by atoms with Crippen molar-refractivity contribution >= 4 is 15.9 Å². The van der Waals surface area contributed by atoms with E-state index in [-0.39, 0.29) is 5.54 Å². The molecule has 1 atom stereocenters. The van der Waals surface area contributed by atoms with Crippen molar-refractivity contribution in [2.45, 2.75) is 52.7 Å². The average Bonchev–Trinajstić information content (AvgIpc) is 2.26. The lowest BCUT2D eigenvalue weighted by Gasteiger charge is -2.24. The van der Waals surface area contributed by atoms with Crippen LogP contribution in [0.2, 0.25) is 0 Å². The molecule has 0 saturated carbocycles. The summed E-state index contributed by atoms with van der Waals surface area (Å²) in [5, 5.41) is 7.06. The summed E-state index contributed by atoms with van der Waals surface area (Å²) in [6.07, 6.45) is 0. The molecule has 1 aromatic carbocycles. The first-order valence-corrected chi connectivity index (χ1v) is 7.30. The summed E-state index contributed by atoms with van der Waals surface area (Å²) in [6, 6.07) is 6.92. The first kappa shape index (κ1) is 15.7. The maximum Gasteiger partial charge on any atom is 0.0220 e. The Balaban J connectivity index is 2.42. The van der Waals surface area contributed by atoms with E-state index in [1.165, 1.54) is 15.6 Å². The number of hydrogen-bond donors (Lipinski definition) is 2. The second kappa shape index (κ2) is 6.69. The van der Waals surface area contributed by atoms with E-state index in [1.54, 1.807) is 0 Å². The van der Waals surface area contributed by atoms with Crippen molar-refractivity contribution in [3.63, 3.8) is 0 Å². The molecule has 0 spiro atoms. The van der Waals surface area contributed by atoms with Crippen LogP contribution in [0.4, 0.5) is 0 Å². The Morgan fingerprint density at radius 2 is 1.94 bits per heavy atom. The van der Waals surface area contributed by atoms with Crippen molar-refractivity contribution in [1.29, 1.82) is 0 Å². The Hall–Kier alpha value is -0.380. The van der Waals surface area contributed by atoms with E-state index < -0.39 is 0 Å². The molecule has 102 valence electrons. The minimum absolute atomic E-state index is 0.180. The Morgan fingerprint density at radius 1 is 1.28 bits per heavy atom. The van der Waals surface area contributed by atoms with Gasteiger partial charge in [-0.1, -0.05) is 33.6 Å². The number of halogens is 1. The molecule has 0 heterocycles. The van der Waals surface area contributed by atoms with Crippen LogP contribution in [0.3, 0.4) is 0 Å². The van der Waals surface area contributed by atoms with Crippen LogP contribution in [0.1, 0.15) is 38.8 Å². The summed E-state index contributed by atoms with van der Waals surface area (Å²) in [4.78, 5) is 0. The molecule has 1 unspecified atom stereocenters. The maximum atomic E-state index is 3.60. The Labute approximate surface area is 120 Å². The Bertz CT molecular complexity index is 383. The van der Waals surface area contributed by atoms with Crippen molar-refractivity contribution < 1.29 is 0 Å². The SMILES string of the molecule is Cc1ccc(Br)c(CNC(C)CNC(C)(C)C)c1. The molecule has 0 radical (unpaired) electrons. The highest BCUT2D eigenvalue weighted by atomic mass is 79.9. The van der Waals surface area contributed by atoms with Gasteiger partial charge in [-0.05, 0) is 46.2 Å². The van der Waals surface area contributed by atoms with Gasteiger partial charge in [0.2, 0.25) is 0 Å². The topological polar surface area (TPSA) is 24.1 Å². The van der Waals surface area contributed by atoms with Gasteiger partial charge in [0.1, 0.15) is 0 Å². The van der Waals surface area contributed by atoms with E-state index >= 15 is 0 Å². The quantitative estimate of drug-likeness (QED) is 0.867. The van der Waals surface area contributed by atoms with Gasteiger partial charge in [0.05, 0.1) is 0 Å². The molecule has 3 heteroatoms. The van der Waals surface area contributed by atoms with E-state index in [1.807, 2.05) is 0 Å². The highest BCUT2D eigenvalue weighted by Gasteiger charge is 2.11. The second-order valence-corrected chi connectivity index (χ2v) is 6.86. The molecular weight excluding hydrogens is 288 g/mol. The summed E-state index contributed by atoms with van der Waals surface area (Å²) in [5.41, 5.74) is 2.80. The van der Waals surface area contributed by atoms with Gasteiger partial charge in [-0.15, -0.1) is 0 Å². The minimum atomic E-state index is 0.180. The first-order chi connectivity index (χ1) is 8.28. The third-order valence-electron chi connectivity index (χ3n) is 2.78. The van der Waals surface area contributed by atoms with Crippen molar-refractivity contribution in [3.05, 3.63) is 33.8 Å². The molecule has 2 N–H and O–H groups in total. The molecular formula is C15H25BrN2. The van der Waals surface area contributed by atoms with Crippen LogP contribution >= 0.6 is 15.9 Å². The van der Waals surface area contributed by atoms with Crippen molar-refractivity contribution in [2.24, 2.45) is 0 Å². The van der Waals surface area contributed by atoms with Gasteiger partial charge in [-0.3, -0.25) is 0 Å². The van der Waals surface area contributed by atoms with Crippen LogP contribution in [-0.2, 0) is 6.54 Å². The third-order valence-corrected chi connectivity index (χ3v) is 3.55. The predicted octanol–water partition coefficient (Wildman–Crippen LogP) is 3.62. The zero-order valence-corrected chi connectivity index (χ0v) is 13.7. The van der Waals surface area contributed by atoms with Gasteiger partial charge >= 0.3 is 0 Å². The number of nitrogens with one attached hydrogen (secondary N) is 2. The molecule has 2 nitrogen and oxygen atoms in total. The summed E-state index contributed by atoms with van der Waals surface area (Å²) in [5.74, 6) is 0. The standard InChI is InChI=1S/C15H25BrN2/c1-11-6-7-14(16)13(8-11)10-17-12(2)9-18-15(3,4)5/h6-8,12,17-18H,9-10H2,1-5H3. The lowest BCUT2D eigenvalue weighted by Crippen LogP contribution is -2.44. The number of benzene rings is 1. The number of aryl methyl sites for hydroxylation is 1. The van der Waals surface area contributed by atoms with E-state index in [2.05, 4.69) is 79.4 Å². The molecule has 0 aromatic heterocycles. The van der Waals surface area contributed by atoms with Gasteiger partial charge in [-0.25, -0.2) is 0 Å². The number of rotatable bonds is 5. The zero-order valence-electron chi connectivity index (χ0n) is 12.1. The van der Waals surface area contributed by atoms with Crippen LogP contribution in [0, 0.1) is 6.92 Å². The molecule has 1 rings (SSSR count). The average molecular weight is 313 g/mol. The Morgan fingerprint density at radius 3 is 2.56 bits per heavy atom.